The molecule has 1 aliphatic rings. The molecule has 0 aromatic carbocycles. The van der Waals surface area contributed by atoms with Crippen LogP contribution in [0.3, 0.4) is 0 Å². The molecule has 0 amide bonds. The summed E-state index contributed by atoms with van der Waals surface area (Å²) in [6.45, 7) is 7.00. The number of hydrogen-bond acceptors (Lipinski definition) is 3. The number of ether oxygens (including phenoxy) is 1. The van der Waals surface area contributed by atoms with Crippen LogP contribution < -0.4 is 5.32 Å². The van der Waals surface area contributed by atoms with Crippen LogP contribution in [-0.4, -0.2) is 35.9 Å². The van der Waals surface area contributed by atoms with E-state index in [0.717, 1.165) is 39.3 Å². The topological polar surface area (TPSA) is 39.1 Å². The fourth-order valence-corrected chi connectivity index (χ4v) is 2.28. The van der Waals surface area contributed by atoms with Gasteiger partial charge in [0.1, 0.15) is 0 Å². The molecule has 1 unspecified atom stereocenters. The van der Waals surface area contributed by atoms with E-state index in [2.05, 4.69) is 21.8 Å². The Labute approximate surface area is 103 Å². The molecule has 0 saturated carbocycles. The summed E-state index contributed by atoms with van der Waals surface area (Å²) in [5.41, 5.74) is 1.36. The zero-order valence-corrected chi connectivity index (χ0v) is 10.7. The molecule has 2 heterocycles. The number of nitrogens with zero attached hydrogens (tertiary/aromatic N) is 2. The summed E-state index contributed by atoms with van der Waals surface area (Å²) in [5, 5.41) is 3.40. The summed E-state index contributed by atoms with van der Waals surface area (Å²) in [5.74, 6) is 0.633. The molecule has 1 atom stereocenters. The van der Waals surface area contributed by atoms with E-state index in [9.17, 15) is 0 Å². The second-order valence-corrected chi connectivity index (χ2v) is 4.67. The second kappa shape index (κ2) is 6.77. The Bertz CT molecular complexity index is 318. The number of hydrogen-bond donors (Lipinski definition) is 1. The fraction of sp³-hybridized carbons (Fsp3) is 0.769. The molecule has 0 radical (unpaired) electrons. The second-order valence-electron chi connectivity index (χ2n) is 4.67. The van der Waals surface area contributed by atoms with Gasteiger partial charge >= 0.3 is 0 Å². The third kappa shape index (κ3) is 3.54. The Morgan fingerprint density at radius 2 is 2.47 bits per heavy atom. The van der Waals surface area contributed by atoms with Crippen molar-refractivity contribution in [1.82, 2.24) is 14.9 Å². The molecular weight excluding hydrogens is 214 g/mol. The molecule has 1 saturated heterocycles. The normalized spacial score (nSPS) is 19.9. The number of nitrogens with one attached hydrogen (secondary N) is 1. The standard InChI is InChI=1S/C13H23N3O/c1-2-3-7-17-8-6-16-11-15-10-13(16)12-4-5-14-9-12/h10-12,14H,2-9H2,1H3. The SMILES string of the molecule is CCCCOCCn1cncc1C1CCNC1. The predicted molar refractivity (Wildman–Crippen MR) is 68.2 cm³/mol. The lowest BCUT2D eigenvalue weighted by molar-refractivity contribution is 0.123. The fourth-order valence-electron chi connectivity index (χ4n) is 2.28. The number of imidazole rings is 1. The van der Waals surface area contributed by atoms with E-state index < -0.39 is 0 Å². The predicted octanol–water partition coefficient (Wildman–Crippen LogP) is 1.78. The molecular formula is C13H23N3O. The van der Waals surface area contributed by atoms with Gasteiger partial charge in [0.15, 0.2) is 0 Å². The summed E-state index contributed by atoms with van der Waals surface area (Å²) < 4.78 is 7.84. The van der Waals surface area contributed by atoms with Gasteiger partial charge in [-0.05, 0) is 19.4 Å². The van der Waals surface area contributed by atoms with E-state index in [-0.39, 0.29) is 0 Å². The van der Waals surface area contributed by atoms with Crippen LogP contribution in [0, 0.1) is 0 Å². The molecule has 1 aliphatic heterocycles. The van der Waals surface area contributed by atoms with Crippen LogP contribution in [-0.2, 0) is 11.3 Å². The van der Waals surface area contributed by atoms with Gasteiger partial charge in [-0.25, -0.2) is 4.98 Å². The maximum Gasteiger partial charge on any atom is 0.0949 e. The van der Waals surface area contributed by atoms with Gasteiger partial charge in [-0.1, -0.05) is 13.3 Å². The molecule has 4 nitrogen and oxygen atoms in total. The van der Waals surface area contributed by atoms with Gasteiger partial charge in [0.05, 0.1) is 12.9 Å². The van der Waals surface area contributed by atoms with E-state index in [4.69, 9.17) is 4.74 Å². The van der Waals surface area contributed by atoms with Gasteiger partial charge < -0.3 is 14.6 Å². The van der Waals surface area contributed by atoms with Crippen molar-refractivity contribution in [1.29, 1.82) is 0 Å². The smallest absolute Gasteiger partial charge is 0.0949 e. The van der Waals surface area contributed by atoms with E-state index in [1.165, 1.54) is 18.5 Å². The molecule has 0 bridgehead atoms. The summed E-state index contributed by atoms with van der Waals surface area (Å²) in [6, 6.07) is 0. The summed E-state index contributed by atoms with van der Waals surface area (Å²) >= 11 is 0. The third-order valence-corrected chi connectivity index (χ3v) is 3.34. The van der Waals surface area contributed by atoms with E-state index in [1.54, 1.807) is 0 Å². The van der Waals surface area contributed by atoms with Gasteiger partial charge in [-0.15, -0.1) is 0 Å². The maximum absolute atomic E-state index is 5.60. The van der Waals surface area contributed by atoms with Gasteiger partial charge in [0.25, 0.3) is 0 Å². The molecule has 96 valence electrons. The Kier molecular flexibility index (Phi) is 5.01. The molecule has 17 heavy (non-hydrogen) atoms. The third-order valence-electron chi connectivity index (χ3n) is 3.34. The number of aromatic nitrogens is 2. The van der Waals surface area contributed by atoms with Crippen molar-refractivity contribution in [3.63, 3.8) is 0 Å². The van der Waals surface area contributed by atoms with Gasteiger partial charge in [-0.2, -0.15) is 0 Å². The summed E-state index contributed by atoms with van der Waals surface area (Å²) in [7, 11) is 0. The van der Waals surface area contributed by atoms with Crippen LogP contribution in [0.1, 0.15) is 37.8 Å². The first-order chi connectivity index (χ1) is 8.42. The van der Waals surface area contributed by atoms with E-state index >= 15 is 0 Å². The molecule has 0 spiro atoms. The van der Waals surface area contributed by atoms with Crippen molar-refractivity contribution in [2.75, 3.05) is 26.3 Å². The Morgan fingerprint density at radius 3 is 3.24 bits per heavy atom. The van der Waals surface area contributed by atoms with Crippen molar-refractivity contribution in [2.24, 2.45) is 0 Å². The molecule has 1 aromatic rings. The molecule has 1 aromatic heterocycles. The first-order valence-corrected chi connectivity index (χ1v) is 6.70. The van der Waals surface area contributed by atoms with Crippen molar-refractivity contribution in [2.45, 2.75) is 38.6 Å². The van der Waals surface area contributed by atoms with E-state index in [0.29, 0.717) is 5.92 Å². The highest BCUT2D eigenvalue weighted by Gasteiger charge is 2.19. The largest absolute Gasteiger partial charge is 0.380 e. The van der Waals surface area contributed by atoms with Crippen LogP contribution in [0.4, 0.5) is 0 Å². The zero-order valence-electron chi connectivity index (χ0n) is 10.7. The Balaban J connectivity index is 1.78. The average Bonchev–Trinajstić information content (AvgIpc) is 2.98. The van der Waals surface area contributed by atoms with Crippen molar-refractivity contribution in [3.05, 3.63) is 18.2 Å². The lowest BCUT2D eigenvalue weighted by Gasteiger charge is -2.12. The number of rotatable bonds is 7. The van der Waals surface area contributed by atoms with E-state index in [1.807, 2.05) is 12.5 Å². The average molecular weight is 237 g/mol. The van der Waals surface area contributed by atoms with Crippen LogP contribution in [0.5, 0.6) is 0 Å². The van der Waals surface area contributed by atoms with Crippen LogP contribution >= 0.6 is 0 Å². The van der Waals surface area contributed by atoms with Crippen molar-refractivity contribution in [3.8, 4) is 0 Å². The maximum atomic E-state index is 5.60. The first kappa shape index (κ1) is 12.6. The quantitative estimate of drug-likeness (QED) is 0.735. The summed E-state index contributed by atoms with van der Waals surface area (Å²) in [4.78, 5) is 4.26. The lowest BCUT2D eigenvalue weighted by Crippen LogP contribution is -2.13. The number of unbranched alkanes of at least 4 members (excludes halogenated alkanes) is 1. The Hall–Kier alpha value is -0.870. The van der Waals surface area contributed by atoms with Crippen LogP contribution in [0.15, 0.2) is 12.5 Å². The Morgan fingerprint density at radius 1 is 1.53 bits per heavy atom. The zero-order chi connectivity index (χ0) is 11.9. The minimum Gasteiger partial charge on any atom is -0.380 e. The molecule has 1 fully saturated rings. The molecule has 2 rings (SSSR count). The van der Waals surface area contributed by atoms with Crippen molar-refractivity contribution < 1.29 is 4.74 Å². The van der Waals surface area contributed by atoms with Gasteiger partial charge in [0, 0.05) is 37.5 Å². The summed E-state index contributed by atoms with van der Waals surface area (Å²) in [6.07, 6.45) is 7.51. The molecule has 0 aliphatic carbocycles. The van der Waals surface area contributed by atoms with Crippen molar-refractivity contribution >= 4 is 0 Å². The minimum atomic E-state index is 0.633. The van der Waals surface area contributed by atoms with Gasteiger partial charge in [0.2, 0.25) is 0 Å². The monoisotopic (exact) mass is 237 g/mol. The highest BCUT2D eigenvalue weighted by atomic mass is 16.5. The minimum absolute atomic E-state index is 0.633. The van der Waals surface area contributed by atoms with Gasteiger partial charge in [-0.3, -0.25) is 0 Å². The molecule has 4 heteroatoms. The highest BCUT2D eigenvalue weighted by Crippen LogP contribution is 2.21. The lowest BCUT2D eigenvalue weighted by atomic mass is 10.1. The van der Waals surface area contributed by atoms with Crippen LogP contribution in [0.25, 0.3) is 0 Å². The highest BCUT2D eigenvalue weighted by molar-refractivity contribution is 5.09. The molecule has 1 N–H and O–H groups in total. The van der Waals surface area contributed by atoms with Crippen LogP contribution in [0.2, 0.25) is 0 Å². The first-order valence-electron chi connectivity index (χ1n) is 6.70.